The molecule has 0 atom stereocenters. The second-order valence-corrected chi connectivity index (χ2v) is 2.88. The molecule has 2 N–H and O–H groups in total. The molecule has 0 fully saturated rings. The van der Waals surface area contributed by atoms with E-state index in [1.165, 1.54) is 0 Å². The number of carbonyl (C=O) groups is 1. The minimum absolute atomic E-state index is 0.183. The molecular formula is C9H7NO4. The minimum Gasteiger partial charge on any atom is -0.502 e. The van der Waals surface area contributed by atoms with Gasteiger partial charge in [-0.1, -0.05) is 0 Å². The van der Waals surface area contributed by atoms with Gasteiger partial charge in [0.05, 0.1) is 0 Å². The summed E-state index contributed by atoms with van der Waals surface area (Å²) in [6, 6.07) is 3.25. The average Bonchev–Trinajstić information content (AvgIpc) is 2.44. The minimum atomic E-state index is -1.31. The summed E-state index contributed by atoms with van der Waals surface area (Å²) in [4.78, 5) is 14.6. The number of carboxylic acid groups (broad SMARTS) is 1. The van der Waals surface area contributed by atoms with Gasteiger partial charge in [0.15, 0.2) is 16.8 Å². The molecule has 0 aliphatic carbocycles. The first-order valence-electron chi connectivity index (χ1n) is 3.92. The third-order valence-corrected chi connectivity index (χ3v) is 1.84. The zero-order chi connectivity index (χ0) is 10.3. The van der Waals surface area contributed by atoms with E-state index in [2.05, 4.69) is 4.98 Å². The number of hydrogen-bond donors (Lipinski definition) is 2. The molecule has 0 saturated carbocycles. The Morgan fingerprint density at radius 3 is 2.86 bits per heavy atom. The summed E-state index contributed by atoms with van der Waals surface area (Å²) in [6.45, 7) is 1.74. The molecule has 2 aromatic heterocycles. The van der Waals surface area contributed by atoms with Crippen LogP contribution >= 0.6 is 0 Å². The Morgan fingerprint density at radius 1 is 1.50 bits per heavy atom. The number of nitrogens with zero attached hydrogens (tertiary/aromatic N) is 1. The van der Waals surface area contributed by atoms with Crippen LogP contribution in [-0.4, -0.2) is 21.2 Å². The Labute approximate surface area is 78.6 Å². The van der Waals surface area contributed by atoms with Crippen LogP contribution in [0.15, 0.2) is 16.5 Å². The highest BCUT2D eigenvalue weighted by atomic mass is 16.4. The predicted octanol–water partition coefficient (Wildman–Crippen LogP) is 1.54. The number of aromatic hydroxyl groups is 1. The topological polar surface area (TPSA) is 83.6 Å². The molecule has 5 nitrogen and oxygen atoms in total. The number of rotatable bonds is 1. The van der Waals surface area contributed by atoms with Crippen LogP contribution in [0.2, 0.25) is 0 Å². The summed E-state index contributed by atoms with van der Waals surface area (Å²) < 4.78 is 4.90. The monoisotopic (exact) mass is 193 g/mol. The van der Waals surface area contributed by atoms with Crippen molar-refractivity contribution in [2.24, 2.45) is 0 Å². The number of furan rings is 1. The molecule has 14 heavy (non-hydrogen) atoms. The maximum Gasteiger partial charge on any atom is 0.375 e. The molecule has 0 radical (unpaired) electrons. The number of carboxylic acids is 1. The molecule has 2 rings (SSSR count). The Bertz CT molecular complexity index is 515. The van der Waals surface area contributed by atoms with E-state index in [0.717, 1.165) is 0 Å². The second-order valence-electron chi connectivity index (χ2n) is 2.88. The van der Waals surface area contributed by atoms with E-state index in [4.69, 9.17) is 9.52 Å². The van der Waals surface area contributed by atoms with E-state index in [1.54, 1.807) is 19.1 Å². The van der Waals surface area contributed by atoms with Crippen molar-refractivity contribution in [3.8, 4) is 5.75 Å². The summed E-state index contributed by atoms with van der Waals surface area (Å²) in [5.41, 5.74) is 1.14. The van der Waals surface area contributed by atoms with E-state index in [1.807, 2.05) is 0 Å². The largest absolute Gasteiger partial charge is 0.502 e. The van der Waals surface area contributed by atoms with Crippen molar-refractivity contribution in [2.75, 3.05) is 0 Å². The fraction of sp³-hybridized carbons (Fsp3) is 0.111. The summed E-state index contributed by atoms with van der Waals surface area (Å²) in [5, 5.41) is 18.1. The summed E-state index contributed by atoms with van der Waals surface area (Å²) in [6.07, 6.45) is 0. The van der Waals surface area contributed by atoms with E-state index >= 15 is 0 Å². The number of hydrogen-bond acceptors (Lipinski definition) is 4. The third-order valence-electron chi connectivity index (χ3n) is 1.84. The van der Waals surface area contributed by atoms with Crippen molar-refractivity contribution >= 4 is 17.1 Å². The fourth-order valence-electron chi connectivity index (χ4n) is 1.21. The number of aromatic carboxylic acids is 1. The van der Waals surface area contributed by atoms with Crippen molar-refractivity contribution in [2.45, 2.75) is 6.92 Å². The van der Waals surface area contributed by atoms with Gasteiger partial charge in [-0.05, 0) is 19.1 Å². The Morgan fingerprint density at radius 2 is 2.21 bits per heavy atom. The Hall–Kier alpha value is -2.04. The van der Waals surface area contributed by atoms with Crippen LogP contribution in [0.4, 0.5) is 0 Å². The molecular weight excluding hydrogens is 186 g/mol. The predicted molar refractivity (Wildman–Crippen MR) is 47.4 cm³/mol. The van der Waals surface area contributed by atoms with Crippen LogP contribution in [0, 0.1) is 6.92 Å². The zero-order valence-corrected chi connectivity index (χ0v) is 7.31. The Balaban J connectivity index is 2.80. The third kappa shape index (κ3) is 1.10. The highest BCUT2D eigenvalue weighted by Crippen LogP contribution is 2.30. The molecule has 0 aliphatic rings. The Kier molecular flexibility index (Phi) is 1.67. The maximum atomic E-state index is 10.6. The second kappa shape index (κ2) is 2.73. The lowest BCUT2D eigenvalue weighted by atomic mass is 10.3. The first-order chi connectivity index (χ1) is 6.59. The van der Waals surface area contributed by atoms with Gasteiger partial charge in [-0.3, -0.25) is 0 Å². The normalized spacial score (nSPS) is 10.6. The van der Waals surface area contributed by atoms with Crippen LogP contribution in [-0.2, 0) is 0 Å². The van der Waals surface area contributed by atoms with Crippen molar-refractivity contribution in [3.63, 3.8) is 0 Å². The average molecular weight is 193 g/mol. The summed E-state index contributed by atoms with van der Waals surface area (Å²) in [7, 11) is 0. The molecule has 0 aromatic carbocycles. The van der Waals surface area contributed by atoms with Crippen molar-refractivity contribution in [1.29, 1.82) is 0 Å². The molecule has 0 spiro atoms. The van der Waals surface area contributed by atoms with E-state index in [0.29, 0.717) is 5.69 Å². The zero-order valence-electron chi connectivity index (χ0n) is 7.31. The molecule has 5 heteroatoms. The van der Waals surface area contributed by atoms with Crippen LogP contribution in [0.5, 0.6) is 5.75 Å². The standard InChI is InChI=1S/C9H7NO4/c1-4-2-3-5-6(10-4)7(11)8(14-5)9(12)13/h2-3,11H,1H3,(H,12,13). The highest BCUT2D eigenvalue weighted by Gasteiger charge is 2.20. The van der Waals surface area contributed by atoms with Crippen LogP contribution in [0.25, 0.3) is 11.1 Å². The van der Waals surface area contributed by atoms with Gasteiger partial charge in [0.1, 0.15) is 0 Å². The molecule has 0 bridgehead atoms. The molecule has 0 saturated heterocycles. The molecule has 0 amide bonds. The van der Waals surface area contributed by atoms with E-state index in [-0.39, 0.29) is 11.1 Å². The number of fused-ring (bicyclic) bond motifs is 1. The van der Waals surface area contributed by atoms with Crippen LogP contribution < -0.4 is 0 Å². The molecule has 2 heterocycles. The SMILES string of the molecule is Cc1ccc2oc(C(=O)O)c(O)c2n1. The highest BCUT2D eigenvalue weighted by molar-refractivity contribution is 5.95. The van der Waals surface area contributed by atoms with E-state index in [9.17, 15) is 9.90 Å². The lowest BCUT2D eigenvalue weighted by Crippen LogP contribution is -1.92. The molecule has 0 aliphatic heterocycles. The van der Waals surface area contributed by atoms with Gasteiger partial charge >= 0.3 is 5.97 Å². The lowest BCUT2D eigenvalue weighted by Gasteiger charge is -1.90. The van der Waals surface area contributed by atoms with Gasteiger partial charge in [0.25, 0.3) is 5.76 Å². The molecule has 0 unspecified atom stereocenters. The van der Waals surface area contributed by atoms with Gasteiger partial charge in [0.2, 0.25) is 0 Å². The summed E-state index contributed by atoms with van der Waals surface area (Å²) >= 11 is 0. The quantitative estimate of drug-likeness (QED) is 0.717. The van der Waals surface area contributed by atoms with Gasteiger partial charge in [-0.25, -0.2) is 9.78 Å². The van der Waals surface area contributed by atoms with Gasteiger partial charge in [-0.15, -0.1) is 0 Å². The van der Waals surface area contributed by atoms with Gasteiger partial charge in [0, 0.05) is 5.69 Å². The van der Waals surface area contributed by atoms with Crippen molar-refractivity contribution in [1.82, 2.24) is 4.98 Å². The number of aromatic nitrogens is 1. The van der Waals surface area contributed by atoms with Gasteiger partial charge in [-0.2, -0.15) is 0 Å². The summed E-state index contributed by atoms with van der Waals surface area (Å²) in [5.74, 6) is -2.20. The first kappa shape index (κ1) is 8.55. The molecule has 2 aromatic rings. The smallest absolute Gasteiger partial charge is 0.375 e. The van der Waals surface area contributed by atoms with Crippen molar-refractivity contribution in [3.05, 3.63) is 23.6 Å². The van der Waals surface area contributed by atoms with Crippen LogP contribution in [0.1, 0.15) is 16.2 Å². The van der Waals surface area contributed by atoms with E-state index < -0.39 is 17.5 Å². The van der Waals surface area contributed by atoms with Crippen molar-refractivity contribution < 1.29 is 19.4 Å². The fourth-order valence-corrected chi connectivity index (χ4v) is 1.21. The van der Waals surface area contributed by atoms with Crippen LogP contribution in [0.3, 0.4) is 0 Å². The molecule has 72 valence electrons. The first-order valence-corrected chi connectivity index (χ1v) is 3.92. The maximum absolute atomic E-state index is 10.6. The lowest BCUT2D eigenvalue weighted by molar-refractivity contribution is 0.0660. The number of aryl methyl sites for hydroxylation is 1. The van der Waals surface area contributed by atoms with Gasteiger partial charge < -0.3 is 14.6 Å². The number of pyridine rings is 1.